The van der Waals surface area contributed by atoms with E-state index in [1.807, 2.05) is 24.3 Å². The summed E-state index contributed by atoms with van der Waals surface area (Å²) in [6.45, 7) is 0.184. The highest BCUT2D eigenvalue weighted by Gasteiger charge is 2.04. The summed E-state index contributed by atoms with van der Waals surface area (Å²) in [6.07, 6.45) is 4.09. The topological polar surface area (TPSA) is 51.1 Å². The SMILES string of the molecule is O=Cc1ccn(CC(=O)Nc2ccc(Br)cc2)c1. The van der Waals surface area contributed by atoms with Gasteiger partial charge in [-0.15, -0.1) is 0 Å². The molecule has 92 valence electrons. The first-order chi connectivity index (χ1) is 8.67. The van der Waals surface area contributed by atoms with Crippen LogP contribution in [0.3, 0.4) is 0 Å². The highest BCUT2D eigenvalue weighted by atomic mass is 79.9. The van der Waals surface area contributed by atoms with Gasteiger partial charge in [-0.2, -0.15) is 0 Å². The Morgan fingerprint density at radius 3 is 2.61 bits per heavy atom. The Morgan fingerprint density at radius 1 is 1.28 bits per heavy atom. The highest BCUT2D eigenvalue weighted by molar-refractivity contribution is 9.10. The second-order valence-corrected chi connectivity index (χ2v) is 4.71. The maximum atomic E-state index is 11.7. The van der Waals surface area contributed by atoms with Crippen molar-refractivity contribution in [1.82, 2.24) is 4.57 Å². The van der Waals surface area contributed by atoms with Gasteiger partial charge in [0.2, 0.25) is 5.91 Å². The van der Waals surface area contributed by atoms with Gasteiger partial charge < -0.3 is 9.88 Å². The van der Waals surface area contributed by atoms with Crippen molar-refractivity contribution in [2.45, 2.75) is 6.54 Å². The lowest BCUT2D eigenvalue weighted by molar-refractivity contribution is -0.116. The molecule has 0 atom stereocenters. The van der Waals surface area contributed by atoms with Crippen LogP contribution in [-0.4, -0.2) is 16.8 Å². The lowest BCUT2D eigenvalue weighted by atomic mass is 10.3. The molecule has 0 fully saturated rings. The van der Waals surface area contributed by atoms with Crippen molar-refractivity contribution in [2.24, 2.45) is 0 Å². The quantitative estimate of drug-likeness (QED) is 0.883. The van der Waals surface area contributed by atoms with E-state index in [4.69, 9.17) is 0 Å². The molecule has 0 saturated carbocycles. The fourth-order valence-corrected chi connectivity index (χ4v) is 1.79. The number of nitrogens with zero attached hydrogens (tertiary/aromatic N) is 1. The minimum absolute atomic E-state index is 0.134. The number of amides is 1. The average molecular weight is 307 g/mol. The number of anilines is 1. The van der Waals surface area contributed by atoms with Gasteiger partial charge in [-0.1, -0.05) is 15.9 Å². The number of nitrogens with one attached hydrogen (secondary N) is 1. The van der Waals surface area contributed by atoms with Gasteiger partial charge in [0.25, 0.3) is 0 Å². The molecule has 0 radical (unpaired) electrons. The summed E-state index contributed by atoms with van der Waals surface area (Å²) in [5.74, 6) is -0.134. The normalized spacial score (nSPS) is 10.1. The van der Waals surface area contributed by atoms with Crippen molar-refractivity contribution in [2.75, 3.05) is 5.32 Å². The average Bonchev–Trinajstić information content (AvgIpc) is 2.79. The van der Waals surface area contributed by atoms with Crippen LogP contribution in [0.25, 0.3) is 0 Å². The van der Waals surface area contributed by atoms with Gasteiger partial charge in [0, 0.05) is 28.1 Å². The van der Waals surface area contributed by atoms with Gasteiger partial charge in [0.05, 0.1) is 0 Å². The molecule has 1 heterocycles. The predicted octanol–water partition coefficient (Wildman–Crippen LogP) is 2.70. The van der Waals surface area contributed by atoms with Crippen LogP contribution < -0.4 is 5.32 Å². The molecule has 1 aromatic carbocycles. The summed E-state index contributed by atoms with van der Waals surface area (Å²) >= 11 is 3.33. The largest absolute Gasteiger partial charge is 0.344 e. The number of aromatic nitrogens is 1. The zero-order valence-electron chi connectivity index (χ0n) is 9.47. The van der Waals surface area contributed by atoms with Gasteiger partial charge >= 0.3 is 0 Å². The molecule has 18 heavy (non-hydrogen) atoms. The fraction of sp³-hybridized carbons (Fsp3) is 0.0769. The third-order valence-corrected chi connectivity index (χ3v) is 2.89. The number of hydrogen-bond acceptors (Lipinski definition) is 2. The monoisotopic (exact) mass is 306 g/mol. The molecular weight excluding hydrogens is 296 g/mol. The third-order valence-electron chi connectivity index (χ3n) is 2.36. The van der Waals surface area contributed by atoms with Crippen molar-refractivity contribution >= 4 is 33.8 Å². The molecule has 0 aliphatic heterocycles. The zero-order valence-corrected chi connectivity index (χ0v) is 11.1. The Labute approximate surface area is 113 Å². The smallest absolute Gasteiger partial charge is 0.244 e. The van der Waals surface area contributed by atoms with E-state index in [0.717, 1.165) is 16.4 Å². The second-order valence-electron chi connectivity index (χ2n) is 3.79. The van der Waals surface area contributed by atoms with Crippen LogP contribution in [0.2, 0.25) is 0 Å². The lowest BCUT2D eigenvalue weighted by Gasteiger charge is -2.06. The first kappa shape index (κ1) is 12.6. The summed E-state index contributed by atoms with van der Waals surface area (Å²) in [5, 5.41) is 2.78. The number of benzene rings is 1. The molecule has 1 amide bonds. The second kappa shape index (κ2) is 5.64. The number of carbonyl (C=O) groups excluding carboxylic acids is 2. The van der Waals surface area contributed by atoms with Gasteiger partial charge in [-0.3, -0.25) is 9.59 Å². The minimum atomic E-state index is -0.134. The molecule has 5 heteroatoms. The van der Waals surface area contributed by atoms with Crippen LogP contribution in [0.4, 0.5) is 5.69 Å². The summed E-state index contributed by atoms with van der Waals surface area (Å²) in [5.41, 5.74) is 1.30. The van der Waals surface area contributed by atoms with E-state index in [9.17, 15) is 9.59 Å². The number of hydrogen-bond donors (Lipinski definition) is 1. The molecule has 2 aromatic rings. The molecule has 0 bridgehead atoms. The molecule has 2 rings (SSSR count). The number of halogens is 1. The number of rotatable bonds is 4. The molecular formula is C13H11BrN2O2. The van der Waals surface area contributed by atoms with Crippen LogP contribution in [0.1, 0.15) is 10.4 Å². The van der Waals surface area contributed by atoms with Crippen LogP contribution in [0.15, 0.2) is 47.2 Å². The molecule has 0 aliphatic rings. The molecule has 0 unspecified atom stereocenters. The zero-order chi connectivity index (χ0) is 13.0. The fourth-order valence-electron chi connectivity index (χ4n) is 1.53. The molecule has 0 spiro atoms. The molecule has 0 aliphatic carbocycles. The maximum absolute atomic E-state index is 11.7. The Balaban J connectivity index is 1.96. The summed E-state index contributed by atoms with van der Waals surface area (Å²) in [7, 11) is 0. The molecule has 0 saturated heterocycles. The van der Waals surface area contributed by atoms with Crippen LogP contribution in [-0.2, 0) is 11.3 Å². The first-order valence-corrected chi connectivity index (χ1v) is 6.13. The van der Waals surface area contributed by atoms with E-state index < -0.39 is 0 Å². The van der Waals surface area contributed by atoms with Crippen molar-refractivity contribution in [1.29, 1.82) is 0 Å². The third kappa shape index (κ3) is 3.30. The minimum Gasteiger partial charge on any atom is -0.344 e. The van der Waals surface area contributed by atoms with Gasteiger partial charge in [0.15, 0.2) is 6.29 Å². The Kier molecular flexibility index (Phi) is 3.94. The Morgan fingerprint density at radius 2 is 2.00 bits per heavy atom. The van der Waals surface area contributed by atoms with Crippen molar-refractivity contribution < 1.29 is 9.59 Å². The van der Waals surface area contributed by atoms with Crippen molar-refractivity contribution in [3.8, 4) is 0 Å². The number of carbonyl (C=O) groups is 2. The highest BCUT2D eigenvalue weighted by Crippen LogP contribution is 2.14. The van der Waals surface area contributed by atoms with Crippen LogP contribution >= 0.6 is 15.9 Å². The predicted molar refractivity (Wildman–Crippen MR) is 72.6 cm³/mol. The molecule has 1 N–H and O–H groups in total. The first-order valence-electron chi connectivity index (χ1n) is 5.34. The van der Waals surface area contributed by atoms with Crippen LogP contribution in [0, 0.1) is 0 Å². The summed E-state index contributed by atoms with van der Waals surface area (Å²) in [6, 6.07) is 9.01. The van der Waals surface area contributed by atoms with Crippen molar-refractivity contribution in [3.63, 3.8) is 0 Å². The van der Waals surface area contributed by atoms with Gasteiger partial charge in [-0.05, 0) is 30.3 Å². The Bertz CT molecular complexity index is 561. The van der Waals surface area contributed by atoms with Gasteiger partial charge in [0.1, 0.15) is 6.54 Å². The van der Waals surface area contributed by atoms with Crippen LogP contribution in [0.5, 0.6) is 0 Å². The molecule has 4 nitrogen and oxygen atoms in total. The summed E-state index contributed by atoms with van der Waals surface area (Å²) < 4.78 is 2.62. The van der Waals surface area contributed by atoms with Crippen molar-refractivity contribution in [3.05, 3.63) is 52.8 Å². The van der Waals surface area contributed by atoms with E-state index in [1.54, 1.807) is 23.0 Å². The number of aldehydes is 1. The van der Waals surface area contributed by atoms with E-state index >= 15 is 0 Å². The van der Waals surface area contributed by atoms with E-state index in [-0.39, 0.29) is 12.5 Å². The van der Waals surface area contributed by atoms with Gasteiger partial charge in [-0.25, -0.2) is 0 Å². The Hall–Kier alpha value is -1.88. The lowest BCUT2D eigenvalue weighted by Crippen LogP contribution is -2.17. The summed E-state index contributed by atoms with van der Waals surface area (Å²) in [4.78, 5) is 22.2. The maximum Gasteiger partial charge on any atom is 0.244 e. The molecule has 1 aromatic heterocycles. The standard InChI is InChI=1S/C13H11BrN2O2/c14-11-1-3-12(4-2-11)15-13(18)8-16-6-5-10(7-16)9-17/h1-7,9H,8H2,(H,15,18). The van der Waals surface area contributed by atoms with E-state index in [2.05, 4.69) is 21.2 Å². The van der Waals surface area contributed by atoms with E-state index in [1.165, 1.54) is 0 Å². The van der Waals surface area contributed by atoms with E-state index in [0.29, 0.717) is 5.56 Å².